The fourth-order valence-electron chi connectivity index (χ4n) is 4.92. The van der Waals surface area contributed by atoms with Crippen molar-refractivity contribution in [1.29, 1.82) is 0 Å². The molecule has 1 amide bonds. The number of nitro groups is 1. The second-order valence-corrected chi connectivity index (χ2v) is 8.45. The van der Waals surface area contributed by atoms with Gasteiger partial charge in [-0.3, -0.25) is 19.7 Å². The highest BCUT2D eigenvalue weighted by atomic mass is 16.6. The van der Waals surface area contributed by atoms with Crippen LogP contribution in [0, 0.1) is 22.0 Å². The molecule has 1 saturated heterocycles. The van der Waals surface area contributed by atoms with Crippen LogP contribution in [0.2, 0.25) is 0 Å². The molecule has 0 radical (unpaired) electrons. The predicted molar refractivity (Wildman–Crippen MR) is 112 cm³/mol. The summed E-state index contributed by atoms with van der Waals surface area (Å²) in [5.41, 5.74) is 5.48. The van der Waals surface area contributed by atoms with Crippen molar-refractivity contribution < 1.29 is 19.2 Å². The van der Waals surface area contributed by atoms with E-state index in [1.807, 2.05) is 0 Å². The van der Waals surface area contributed by atoms with E-state index in [0.717, 1.165) is 25.2 Å². The molecule has 8 heteroatoms. The van der Waals surface area contributed by atoms with Gasteiger partial charge >= 0.3 is 0 Å². The number of fused-ring (bicyclic) bond motifs is 1. The van der Waals surface area contributed by atoms with Gasteiger partial charge in [-0.25, -0.2) is 0 Å². The molecule has 1 aliphatic carbocycles. The molecule has 0 aromatic heterocycles. The van der Waals surface area contributed by atoms with Crippen LogP contribution in [0.3, 0.4) is 0 Å². The molecule has 0 bridgehead atoms. The Balaban J connectivity index is 1.44. The number of nitro benzene ring substituents is 1. The number of hydrogen-bond acceptors (Lipinski definition) is 6. The molecule has 3 rings (SSSR count). The Kier molecular flexibility index (Phi) is 7.79. The average Bonchev–Trinajstić information content (AvgIpc) is 2.75. The molecular weight excluding hydrogens is 386 g/mol. The normalized spacial score (nSPS) is 24.5. The Hall–Kier alpha value is -2.48. The van der Waals surface area contributed by atoms with Crippen LogP contribution in [-0.4, -0.2) is 35.8 Å². The van der Waals surface area contributed by atoms with Gasteiger partial charge in [-0.05, 0) is 63.0 Å². The number of carbonyl (C=O) groups excluding carboxylic acids is 2. The van der Waals surface area contributed by atoms with Gasteiger partial charge in [-0.1, -0.05) is 12.8 Å². The number of nitrogens with two attached hydrogens (primary N) is 1. The average molecular weight is 418 g/mol. The quantitative estimate of drug-likeness (QED) is 0.260. The molecule has 4 unspecified atom stereocenters. The van der Waals surface area contributed by atoms with E-state index >= 15 is 0 Å². The number of piperidine rings is 1. The summed E-state index contributed by atoms with van der Waals surface area (Å²) in [6.07, 6.45) is 9.93. The summed E-state index contributed by atoms with van der Waals surface area (Å²) >= 11 is 0. The van der Waals surface area contributed by atoms with Gasteiger partial charge in [0.2, 0.25) is 5.91 Å². The maximum absolute atomic E-state index is 12.1. The summed E-state index contributed by atoms with van der Waals surface area (Å²) in [5, 5.41) is 14.6. The summed E-state index contributed by atoms with van der Waals surface area (Å²) in [5.74, 6) is 0.754. The molecule has 164 valence electrons. The molecule has 1 aromatic carbocycles. The van der Waals surface area contributed by atoms with E-state index in [4.69, 9.17) is 10.5 Å². The third-order valence-electron chi connectivity index (χ3n) is 6.54. The minimum Gasteiger partial charge on any atom is -0.494 e. The molecule has 2 fully saturated rings. The van der Waals surface area contributed by atoms with Crippen molar-refractivity contribution >= 4 is 17.9 Å². The lowest BCUT2D eigenvalue weighted by atomic mass is 9.75. The number of aldehydes is 1. The number of nitrogens with zero attached hydrogens (tertiary/aromatic N) is 1. The van der Waals surface area contributed by atoms with Gasteiger partial charge in [0.05, 0.1) is 23.0 Å². The first-order chi connectivity index (χ1) is 14.5. The molecular formula is C22H31N3O5. The highest BCUT2D eigenvalue weighted by Crippen LogP contribution is 2.34. The molecule has 1 aliphatic heterocycles. The summed E-state index contributed by atoms with van der Waals surface area (Å²) in [4.78, 5) is 33.4. The third kappa shape index (κ3) is 5.56. The fraction of sp³-hybridized carbons (Fsp3) is 0.636. The van der Waals surface area contributed by atoms with E-state index < -0.39 is 4.92 Å². The Morgan fingerprint density at radius 1 is 1.27 bits per heavy atom. The lowest BCUT2D eigenvalue weighted by Crippen LogP contribution is -2.54. The van der Waals surface area contributed by atoms with Crippen LogP contribution in [0.5, 0.6) is 5.75 Å². The zero-order chi connectivity index (χ0) is 21.5. The molecule has 1 aromatic rings. The lowest BCUT2D eigenvalue weighted by molar-refractivity contribution is -0.385. The van der Waals surface area contributed by atoms with Crippen LogP contribution in [0.25, 0.3) is 0 Å². The first-order valence-electron chi connectivity index (χ1n) is 10.9. The van der Waals surface area contributed by atoms with E-state index in [1.165, 1.54) is 50.3 Å². The van der Waals surface area contributed by atoms with Gasteiger partial charge in [-0.15, -0.1) is 0 Å². The summed E-state index contributed by atoms with van der Waals surface area (Å²) in [6, 6.07) is 4.83. The van der Waals surface area contributed by atoms with Crippen LogP contribution in [0.1, 0.15) is 68.1 Å². The largest absolute Gasteiger partial charge is 0.494 e. The van der Waals surface area contributed by atoms with E-state index in [2.05, 4.69) is 5.32 Å². The number of primary amides is 1. The Morgan fingerprint density at radius 3 is 2.80 bits per heavy atom. The maximum Gasteiger partial charge on any atom is 0.280 e. The van der Waals surface area contributed by atoms with Crippen molar-refractivity contribution in [3.05, 3.63) is 33.9 Å². The van der Waals surface area contributed by atoms with Crippen LogP contribution in [0.15, 0.2) is 18.2 Å². The number of ether oxygens (including phenoxy) is 1. The van der Waals surface area contributed by atoms with E-state index in [-0.39, 0.29) is 29.1 Å². The van der Waals surface area contributed by atoms with Crippen molar-refractivity contribution in [2.24, 2.45) is 17.6 Å². The summed E-state index contributed by atoms with van der Waals surface area (Å²) in [6.45, 7) is 0.407. The Bertz CT molecular complexity index is 769. The number of nitrogens with one attached hydrogen (secondary N) is 1. The van der Waals surface area contributed by atoms with Gasteiger partial charge < -0.3 is 15.8 Å². The van der Waals surface area contributed by atoms with Crippen molar-refractivity contribution in [3.8, 4) is 5.75 Å². The third-order valence-corrected chi connectivity index (χ3v) is 6.54. The van der Waals surface area contributed by atoms with Gasteiger partial charge in [0, 0.05) is 18.2 Å². The number of benzene rings is 1. The highest BCUT2D eigenvalue weighted by Gasteiger charge is 2.36. The Labute approximate surface area is 176 Å². The minimum absolute atomic E-state index is 0.00400. The highest BCUT2D eigenvalue weighted by molar-refractivity contribution is 5.82. The molecule has 3 N–H and O–H groups in total. The first kappa shape index (κ1) is 22.2. The summed E-state index contributed by atoms with van der Waals surface area (Å²) < 4.78 is 5.63. The monoisotopic (exact) mass is 417 g/mol. The second kappa shape index (κ2) is 10.5. The summed E-state index contributed by atoms with van der Waals surface area (Å²) in [7, 11) is 0. The standard InChI is InChI=1S/C22H31N3O5/c23-22(27)18(20-10-8-15-5-1-2-7-19(15)24-20)6-3-4-12-30-17-9-11-21(25(28)29)16(13-17)14-26/h9,11,13-15,18-20,24H,1-8,10,12H2,(H2,23,27). The number of amides is 1. The molecule has 4 atom stereocenters. The van der Waals surface area contributed by atoms with Crippen LogP contribution < -0.4 is 15.8 Å². The Morgan fingerprint density at radius 2 is 2.07 bits per heavy atom. The van der Waals surface area contributed by atoms with Gasteiger partial charge in [0.15, 0.2) is 6.29 Å². The number of carbonyl (C=O) groups is 2. The van der Waals surface area contributed by atoms with Crippen LogP contribution >= 0.6 is 0 Å². The van der Waals surface area contributed by atoms with Gasteiger partial charge in [0.25, 0.3) is 5.69 Å². The van der Waals surface area contributed by atoms with Crippen molar-refractivity contribution in [2.45, 2.75) is 69.9 Å². The van der Waals surface area contributed by atoms with Crippen LogP contribution in [-0.2, 0) is 4.79 Å². The molecule has 8 nitrogen and oxygen atoms in total. The van der Waals surface area contributed by atoms with Gasteiger partial charge in [0.1, 0.15) is 5.75 Å². The van der Waals surface area contributed by atoms with Gasteiger partial charge in [-0.2, -0.15) is 0 Å². The zero-order valence-corrected chi connectivity index (χ0v) is 17.3. The van der Waals surface area contributed by atoms with E-state index in [9.17, 15) is 19.7 Å². The SMILES string of the molecule is NC(=O)C(CCCCOc1ccc([N+](=O)[O-])c(C=O)c1)C1CCC2CCCCC2N1. The second-order valence-electron chi connectivity index (χ2n) is 8.45. The predicted octanol–water partition coefficient (Wildman–Crippen LogP) is 3.37. The van der Waals surface area contributed by atoms with Crippen LogP contribution in [0.4, 0.5) is 5.69 Å². The topological polar surface area (TPSA) is 125 Å². The van der Waals surface area contributed by atoms with E-state index in [0.29, 0.717) is 31.1 Å². The van der Waals surface area contributed by atoms with Crippen molar-refractivity contribution in [1.82, 2.24) is 5.32 Å². The molecule has 30 heavy (non-hydrogen) atoms. The zero-order valence-electron chi connectivity index (χ0n) is 17.3. The number of rotatable bonds is 10. The minimum atomic E-state index is -0.591. The van der Waals surface area contributed by atoms with Crippen molar-refractivity contribution in [2.75, 3.05) is 6.61 Å². The maximum atomic E-state index is 12.1. The lowest BCUT2D eigenvalue weighted by Gasteiger charge is -2.42. The van der Waals surface area contributed by atoms with Crippen molar-refractivity contribution in [3.63, 3.8) is 0 Å². The molecule has 0 spiro atoms. The number of unbranched alkanes of at least 4 members (excludes halogenated alkanes) is 1. The van der Waals surface area contributed by atoms with E-state index in [1.54, 1.807) is 0 Å². The molecule has 1 heterocycles. The number of hydrogen-bond donors (Lipinski definition) is 2. The first-order valence-corrected chi connectivity index (χ1v) is 10.9. The smallest absolute Gasteiger partial charge is 0.280 e. The fourth-order valence-corrected chi connectivity index (χ4v) is 4.92. The molecule has 2 aliphatic rings. The molecule has 1 saturated carbocycles.